The smallest absolute Gasteiger partial charge is 0.125 e. The van der Waals surface area contributed by atoms with Gasteiger partial charge >= 0.3 is 0 Å². The Balaban J connectivity index is 2.20. The highest BCUT2D eigenvalue weighted by Gasteiger charge is 2.11. The molecule has 20 heavy (non-hydrogen) atoms. The van der Waals surface area contributed by atoms with E-state index in [2.05, 4.69) is 15.9 Å². The second-order valence-electron chi connectivity index (χ2n) is 4.72. The van der Waals surface area contributed by atoms with Crippen molar-refractivity contribution in [2.45, 2.75) is 26.6 Å². The van der Waals surface area contributed by atoms with Gasteiger partial charge in [0.1, 0.15) is 18.2 Å². The maximum absolute atomic E-state index is 13.2. The van der Waals surface area contributed by atoms with E-state index in [1.54, 1.807) is 19.1 Å². The first kappa shape index (κ1) is 15.0. The van der Waals surface area contributed by atoms with E-state index in [0.29, 0.717) is 11.3 Å². The van der Waals surface area contributed by atoms with Crippen molar-refractivity contribution in [1.29, 1.82) is 0 Å². The van der Waals surface area contributed by atoms with Gasteiger partial charge in [-0.15, -0.1) is 0 Å². The van der Waals surface area contributed by atoms with Crippen molar-refractivity contribution in [3.05, 3.63) is 63.4 Å². The van der Waals surface area contributed by atoms with Crippen molar-refractivity contribution in [1.82, 2.24) is 0 Å². The predicted molar refractivity (Wildman–Crippen MR) is 80.2 cm³/mol. The summed E-state index contributed by atoms with van der Waals surface area (Å²) in [6, 6.07) is 10.1. The van der Waals surface area contributed by atoms with E-state index in [9.17, 15) is 9.50 Å². The molecular formula is C16H16BrFO2. The molecule has 0 spiro atoms. The number of benzene rings is 2. The molecule has 0 amide bonds. The number of aryl methyl sites for hydroxylation is 1. The van der Waals surface area contributed by atoms with E-state index in [0.717, 1.165) is 15.6 Å². The van der Waals surface area contributed by atoms with Crippen LogP contribution in [0.1, 0.15) is 29.7 Å². The van der Waals surface area contributed by atoms with Crippen molar-refractivity contribution >= 4 is 15.9 Å². The second-order valence-corrected chi connectivity index (χ2v) is 5.63. The number of hydrogen-bond acceptors (Lipinski definition) is 2. The lowest BCUT2D eigenvalue weighted by atomic mass is 10.1. The summed E-state index contributed by atoms with van der Waals surface area (Å²) in [5.74, 6) is 0.326. The first-order valence-corrected chi connectivity index (χ1v) is 7.12. The van der Waals surface area contributed by atoms with Gasteiger partial charge in [0.15, 0.2) is 0 Å². The van der Waals surface area contributed by atoms with Gasteiger partial charge in [-0.05, 0) is 55.3 Å². The van der Waals surface area contributed by atoms with Gasteiger partial charge in [0.25, 0.3) is 0 Å². The number of aliphatic hydroxyl groups excluding tert-OH is 1. The van der Waals surface area contributed by atoms with E-state index in [-0.39, 0.29) is 12.4 Å². The maximum Gasteiger partial charge on any atom is 0.125 e. The Morgan fingerprint density at radius 2 is 2.00 bits per heavy atom. The number of halogens is 2. The van der Waals surface area contributed by atoms with E-state index >= 15 is 0 Å². The van der Waals surface area contributed by atoms with Crippen molar-refractivity contribution in [3.63, 3.8) is 0 Å². The van der Waals surface area contributed by atoms with Crippen LogP contribution in [-0.2, 0) is 6.61 Å². The third-order valence-electron chi connectivity index (χ3n) is 3.12. The molecule has 0 radical (unpaired) electrons. The van der Waals surface area contributed by atoms with Crippen LogP contribution in [0.2, 0.25) is 0 Å². The molecule has 0 aromatic heterocycles. The molecule has 2 aromatic carbocycles. The summed E-state index contributed by atoms with van der Waals surface area (Å²) in [5, 5.41) is 9.76. The van der Waals surface area contributed by atoms with Crippen LogP contribution in [0.15, 0.2) is 40.9 Å². The second kappa shape index (κ2) is 6.37. The average Bonchev–Trinajstić information content (AvgIpc) is 2.40. The van der Waals surface area contributed by atoms with Crippen LogP contribution in [-0.4, -0.2) is 5.11 Å². The van der Waals surface area contributed by atoms with Gasteiger partial charge in [-0.3, -0.25) is 0 Å². The van der Waals surface area contributed by atoms with Gasteiger partial charge in [-0.2, -0.15) is 0 Å². The van der Waals surface area contributed by atoms with Gasteiger partial charge < -0.3 is 9.84 Å². The summed E-state index contributed by atoms with van der Waals surface area (Å²) in [7, 11) is 0. The molecule has 0 aliphatic carbocycles. The van der Waals surface area contributed by atoms with Crippen molar-refractivity contribution in [2.24, 2.45) is 0 Å². The Hall–Kier alpha value is -1.39. The van der Waals surface area contributed by atoms with Gasteiger partial charge in [0.2, 0.25) is 0 Å². The zero-order chi connectivity index (χ0) is 14.7. The highest BCUT2D eigenvalue weighted by molar-refractivity contribution is 9.10. The molecule has 2 aromatic rings. The van der Waals surface area contributed by atoms with E-state index in [4.69, 9.17) is 4.74 Å². The van der Waals surface area contributed by atoms with Gasteiger partial charge in [-0.25, -0.2) is 4.39 Å². The molecule has 1 unspecified atom stereocenters. The van der Waals surface area contributed by atoms with Crippen LogP contribution in [0.25, 0.3) is 0 Å². The molecule has 0 fully saturated rings. The van der Waals surface area contributed by atoms with E-state index in [1.807, 2.05) is 19.1 Å². The summed E-state index contributed by atoms with van der Waals surface area (Å²) >= 11 is 3.37. The average molecular weight is 339 g/mol. The fraction of sp³-hybridized carbons (Fsp3) is 0.250. The van der Waals surface area contributed by atoms with Crippen molar-refractivity contribution in [2.75, 3.05) is 0 Å². The fourth-order valence-corrected chi connectivity index (χ4v) is 2.31. The molecule has 0 aliphatic heterocycles. The summed E-state index contributed by atoms with van der Waals surface area (Å²) in [4.78, 5) is 0. The Morgan fingerprint density at radius 3 is 2.70 bits per heavy atom. The summed E-state index contributed by atoms with van der Waals surface area (Å²) < 4.78 is 19.8. The zero-order valence-electron chi connectivity index (χ0n) is 11.4. The van der Waals surface area contributed by atoms with Crippen molar-refractivity contribution < 1.29 is 14.2 Å². The normalized spacial score (nSPS) is 12.2. The fourth-order valence-electron chi connectivity index (χ4n) is 1.93. The van der Waals surface area contributed by atoms with Gasteiger partial charge in [-0.1, -0.05) is 22.0 Å². The topological polar surface area (TPSA) is 29.5 Å². The quantitative estimate of drug-likeness (QED) is 0.887. The van der Waals surface area contributed by atoms with Crippen LogP contribution in [0.3, 0.4) is 0 Å². The largest absolute Gasteiger partial charge is 0.489 e. The Morgan fingerprint density at radius 1 is 1.25 bits per heavy atom. The first-order chi connectivity index (χ1) is 9.47. The van der Waals surface area contributed by atoms with Crippen molar-refractivity contribution in [3.8, 4) is 5.75 Å². The molecule has 0 aliphatic rings. The third kappa shape index (κ3) is 3.58. The predicted octanol–water partition coefficient (Wildman–Crippen LogP) is 4.53. The van der Waals surface area contributed by atoms with Gasteiger partial charge in [0.05, 0.1) is 6.10 Å². The minimum atomic E-state index is -0.629. The molecule has 4 heteroatoms. The minimum Gasteiger partial charge on any atom is -0.489 e. The molecule has 1 atom stereocenters. The van der Waals surface area contributed by atoms with Gasteiger partial charge in [0, 0.05) is 10.0 Å². The van der Waals surface area contributed by atoms with Crippen LogP contribution in [0, 0.1) is 12.7 Å². The molecular weight excluding hydrogens is 323 g/mol. The SMILES string of the molecule is Cc1ccc(F)cc1COc1ccc(Br)cc1C(C)O. The van der Waals surface area contributed by atoms with E-state index in [1.165, 1.54) is 12.1 Å². The highest BCUT2D eigenvalue weighted by Crippen LogP contribution is 2.29. The Labute approximate surface area is 126 Å². The summed E-state index contributed by atoms with van der Waals surface area (Å²) in [6.45, 7) is 3.86. The standard InChI is InChI=1S/C16H16BrFO2/c1-10-3-5-14(18)7-12(10)9-20-16-6-4-13(17)8-15(16)11(2)19/h3-8,11,19H,9H2,1-2H3. The van der Waals surface area contributed by atoms with Crippen LogP contribution in [0.4, 0.5) is 4.39 Å². The lowest BCUT2D eigenvalue weighted by molar-refractivity contribution is 0.190. The molecule has 106 valence electrons. The minimum absolute atomic E-state index is 0.269. The molecule has 0 heterocycles. The number of rotatable bonds is 4. The highest BCUT2D eigenvalue weighted by atomic mass is 79.9. The third-order valence-corrected chi connectivity index (χ3v) is 3.61. The Kier molecular flexibility index (Phi) is 4.78. The summed E-state index contributed by atoms with van der Waals surface area (Å²) in [5.41, 5.74) is 2.47. The molecule has 1 N–H and O–H groups in total. The molecule has 0 saturated carbocycles. The molecule has 0 saturated heterocycles. The van der Waals surface area contributed by atoms with Crippen LogP contribution in [0.5, 0.6) is 5.75 Å². The molecule has 2 rings (SSSR count). The molecule has 2 nitrogen and oxygen atoms in total. The molecule has 0 bridgehead atoms. The number of hydrogen-bond donors (Lipinski definition) is 1. The maximum atomic E-state index is 13.2. The number of aliphatic hydroxyl groups is 1. The lowest BCUT2D eigenvalue weighted by Gasteiger charge is -2.15. The lowest BCUT2D eigenvalue weighted by Crippen LogP contribution is -2.02. The van der Waals surface area contributed by atoms with E-state index < -0.39 is 6.10 Å². The van der Waals surface area contributed by atoms with Crippen LogP contribution >= 0.6 is 15.9 Å². The number of ether oxygens (including phenoxy) is 1. The first-order valence-electron chi connectivity index (χ1n) is 6.32. The Bertz CT molecular complexity index is 611. The zero-order valence-corrected chi connectivity index (χ0v) is 12.9. The monoisotopic (exact) mass is 338 g/mol. The van der Waals surface area contributed by atoms with Crippen LogP contribution < -0.4 is 4.74 Å². The summed E-state index contributed by atoms with van der Waals surface area (Å²) in [6.07, 6.45) is -0.629.